The number of aliphatic hydroxyl groups is 1. The minimum absolute atomic E-state index is 0.0168. The lowest BCUT2D eigenvalue weighted by atomic mass is 10.0. The summed E-state index contributed by atoms with van der Waals surface area (Å²) in [6, 6.07) is 18.0. The van der Waals surface area contributed by atoms with E-state index in [9.17, 15) is 9.90 Å². The molecule has 0 aromatic heterocycles. The molecule has 0 saturated carbocycles. The van der Waals surface area contributed by atoms with Crippen LogP contribution in [-0.2, 0) is 0 Å². The Labute approximate surface area is 155 Å². The van der Waals surface area contributed by atoms with Crippen LogP contribution in [0.3, 0.4) is 0 Å². The summed E-state index contributed by atoms with van der Waals surface area (Å²) in [7, 11) is 0. The van der Waals surface area contributed by atoms with Crippen LogP contribution in [0.15, 0.2) is 54.6 Å². The second kappa shape index (κ2) is 7.60. The molecule has 2 heterocycles. The number of benzene rings is 2. The zero-order chi connectivity index (χ0) is 17.9. The van der Waals surface area contributed by atoms with Crippen molar-refractivity contribution in [1.29, 1.82) is 0 Å². The molecule has 4 rings (SSSR count). The smallest absolute Gasteiger partial charge is 0.253 e. The molecule has 2 aromatic rings. The monoisotopic (exact) mass is 350 g/mol. The number of nitrogens with zero attached hydrogens (tertiary/aromatic N) is 2. The molecule has 2 fully saturated rings. The first-order valence-corrected chi connectivity index (χ1v) is 9.59. The quantitative estimate of drug-likeness (QED) is 0.925. The predicted molar refractivity (Wildman–Crippen MR) is 103 cm³/mol. The number of rotatable bonds is 3. The van der Waals surface area contributed by atoms with Gasteiger partial charge in [-0.05, 0) is 49.2 Å². The SMILES string of the molecule is O=C(c1ccc(-c2ccccc2)cc1)N1C[C@@H](O)[C@H](N2CCCCC2)C1. The van der Waals surface area contributed by atoms with Crippen molar-refractivity contribution in [1.82, 2.24) is 9.80 Å². The molecule has 0 radical (unpaired) electrons. The number of hydrogen-bond acceptors (Lipinski definition) is 3. The Morgan fingerprint density at radius 1 is 0.846 bits per heavy atom. The Morgan fingerprint density at radius 3 is 2.19 bits per heavy atom. The topological polar surface area (TPSA) is 43.8 Å². The van der Waals surface area contributed by atoms with Crippen LogP contribution in [0.4, 0.5) is 0 Å². The van der Waals surface area contributed by atoms with Gasteiger partial charge >= 0.3 is 0 Å². The molecule has 2 atom stereocenters. The Bertz CT molecular complexity index is 738. The highest BCUT2D eigenvalue weighted by atomic mass is 16.3. The molecule has 0 bridgehead atoms. The maximum atomic E-state index is 12.9. The zero-order valence-corrected chi connectivity index (χ0v) is 15.1. The lowest BCUT2D eigenvalue weighted by Gasteiger charge is -2.33. The van der Waals surface area contributed by atoms with Crippen LogP contribution in [0.2, 0.25) is 0 Å². The van der Waals surface area contributed by atoms with Gasteiger partial charge in [-0.2, -0.15) is 0 Å². The van der Waals surface area contributed by atoms with E-state index in [1.807, 2.05) is 47.4 Å². The fourth-order valence-corrected chi connectivity index (χ4v) is 4.16. The molecule has 0 aliphatic carbocycles. The highest BCUT2D eigenvalue weighted by Gasteiger charge is 2.38. The molecule has 2 aromatic carbocycles. The van der Waals surface area contributed by atoms with Gasteiger partial charge in [0.15, 0.2) is 0 Å². The van der Waals surface area contributed by atoms with Gasteiger partial charge in [0.25, 0.3) is 5.91 Å². The first-order chi connectivity index (χ1) is 12.7. The van der Waals surface area contributed by atoms with E-state index in [0.29, 0.717) is 18.7 Å². The lowest BCUT2D eigenvalue weighted by molar-refractivity contribution is 0.0702. The molecule has 1 N–H and O–H groups in total. The maximum absolute atomic E-state index is 12.9. The Hall–Kier alpha value is -2.17. The van der Waals surface area contributed by atoms with E-state index < -0.39 is 6.10 Å². The summed E-state index contributed by atoms with van der Waals surface area (Å²) in [6.45, 7) is 3.13. The van der Waals surface area contributed by atoms with Crippen LogP contribution in [0.1, 0.15) is 29.6 Å². The molecule has 1 amide bonds. The van der Waals surface area contributed by atoms with Crippen molar-refractivity contribution >= 4 is 5.91 Å². The average Bonchev–Trinajstić information content (AvgIpc) is 3.10. The highest BCUT2D eigenvalue weighted by molar-refractivity contribution is 5.95. The number of hydrogen-bond donors (Lipinski definition) is 1. The number of β-amino-alcohol motifs (C(OH)–C–C–N with tert-alkyl or cyclic N) is 1. The summed E-state index contributed by atoms with van der Waals surface area (Å²) < 4.78 is 0. The van der Waals surface area contributed by atoms with Gasteiger partial charge in [-0.15, -0.1) is 0 Å². The minimum atomic E-state index is -0.444. The van der Waals surface area contributed by atoms with Crippen molar-refractivity contribution in [3.05, 3.63) is 60.2 Å². The van der Waals surface area contributed by atoms with Gasteiger partial charge in [0.1, 0.15) is 0 Å². The Balaban J connectivity index is 1.44. The number of aliphatic hydroxyl groups excluding tert-OH is 1. The molecule has 2 aliphatic heterocycles. The summed E-state index contributed by atoms with van der Waals surface area (Å²) in [5, 5.41) is 10.5. The molecule has 0 unspecified atom stereocenters. The van der Waals surface area contributed by atoms with Crippen molar-refractivity contribution in [3.63, 3.8) is 0 Å². The zero-order valence-electron chi connectivity index (χ0n) is 15.1. The lowest BCUT2D eigenvalue weighted by Crippen LogP contribution is -2.46. The summed E-state index contributed by atoms with van der Waals surface area (Å²) in [6.07, 6.45) is 3.21. The fourth-order valence-electron chi connectivity index (χ4n) is 4.16. The van der Waals surface area contributed by atoms with Crippen LogP contribution < -0.4 is 0 Å². The normalized spacial score (nSPS) is 24.0. The third-order valence-corrected chi connectivity index (χ3v) is 5.64. The second-order valence-electron chi connectivity index (χ2n) is 7.38. The molecule has 2 saturated heterocycles. The number of likely N-dealkylation sites (tertiary alicyclic amines) is 2. The maximum Gasteiger partial charge on any atom is 0.253 e. The average molecular weight is 350 g/mol. The van der Waals surface area contributed by atoms with Crippen LogP contribution in [0, 0.1) is 0 Å². The van der Waals surface area contributed by atoms with Crippen molar-refractivity contribution < 1.29 is 9.90 Å². The standard InChI is InChI=1S/C22H26N2O2/c25-21-16-24(15-20(21)23-13-5-2-6-14-23)22(26)19-11-9-18(10-12-19)17-7-3-1-4-8-17/h1,3-4,7-12,20-21,25H,2,5-6,13-16H2/t20-,21-/m1/s1. The van der Waals surface area contributed by atoms with E-state index in [2.05, 4.69) is 17.0 Å². The van der Waals surface area contributed by atoms with Gasteiger partial charge in [-0.1, -0.05) is 48.9 Å². The fraction of sp³-hybridized carbons (Fsp3) is 0.409. The molecular formula is C22H26N2O2. The summed E-state index contributed by atoms with van der Waals surface area (Å²) in [5.74, 6) is 0.0168. The van der Waals surface area contributed by atoms with Gasteiger partial charge in [-0.3, -0.25) is 9.69 Å². The van der Waals surface area contributed by atoms with Crippen LogP contribution in [-0.4, -0.2) is 59.1 Å². The second-order valence-corrected chi connectivity index (χ2v) is 7.38. The van der Waals surface area contributed by atoms with E-state index in [4.69, 9.17) is 0 Å². The number of piperidine rings is 1. The molecule has 26 heavy (non-hydrogen) atoms. The van der Waals surface area contributed by atoms with Crippen LogP contribution >= 0.6 is 0 Å². The van der Waals surface area contributed by atoms with Gasteiger partial charge in [0.2, 0.25) is 0 Å². The largest absolute Gasteiger partial charge is 0.390 e. The van der Waals surface area contributed by atoms with E-state index in [1.165, 1.54) is 19.3 Å². The van der Waals surface area contributed by atoms with Crippen molar-refractivity contribution in [3.8, 4) is 11.1 Å². The number of carbonyl (C=O) groups is 1. The molecule has 136 valence electrons. The highest BCUT2D eigenvalue weighted by Crippen LogP contribution is 2.24. The third-order valence-electron chi connectivity index (χ3n) is 5.64. The number of carbonyl (C=O) groups excluding carboxylic acids is 1. The first-order valence-electron chi connectivity index (χ1n) is 9.59. The third kappa shape index (κ3) is 3.53. The minimum Gasteiger partial charge on any atom is -0.390 e. The van der Waals surface area contributed by atoms with Gasteiger partial charge in [0, 0.05) is 18.7 Å². The van der Waals surface area contributed by atoms with Crippen molar-refractivity contribution in [2.24, 2.45) is 0 Å². The first kappa shape index (κ1) is 17.3. The van der Waals surface area contributed by atoms with Gasteiger partial charge in [-0.25, -0.2) is 0 Å². The Morgan fingerprint density at radius 2 is 1.50 bits per heavy atom. The number of amides is 1. The van der Waals surface area contributed by atoms with Crippen molar-refractivity contribution in [2.75, 3.05) is 26.2 Å². The summed E-state index contributed by atoms with van der Waals surface area (Å²) >= 11 is 0. The van der Waals surface area contributed by atoms with E-state index in [-0.39, 0.29) is 11.9 Å². The van der Waals surface area contributed by atoms with Crippen LogP contribution in [0.5, 0.6) is 0 Å². The molecule has 4 heteroatoms. The van der Waals surface area contributed by atoms with E-state index in [1.54, 1.807) is 0 Å². The van der Waals surface area contributed by atoms with Gasteiger partial charge in [0.05, 0.1) is 12.1 Å². The summed E-state index contributed by atoms with van der Waals surface area (Å²) in [4.78, 5) is 17.0. The Kier molecular flexibility index (Phi) is 5.05. The van der Waals surface area contributed by atoms with E-state index in [0.717, 1.165) is 24.2 Å². The molecule has 4 nitrogen and oxygen atoms in total. The van der Waals surface area contributed by atoms with E-state index >= 15 is 0 Å². The van der Waals surface area contributed by atoms with Gasteiger partial charge < -0.3 is 10.0 Å². The molecule has 0 spiro atoms. The van der Waals surface area contributed by atoms with Crippen LogP contribution in [0.25, 0.3) is 11.1 Å². The predicted octanol–water partition coefficient (Wildman–Crippen LogP) is 3.02. The molecule has 2 aliphatic rings. The van der Waals surface area contributed by atoms with Crippen molar-refractivity contribution in [2.45, 2.75) is 31.4 Å². The molecular weight excluding hydrogens is 324 g/mol. The summed E-state index contributed by atoms with van der Waals surface area (Å²) in [5.41, 5.74) is 2.94.